The molecule has 0 bridgehead atoms. The fourth-order valence-electron chi connectivity index (χ4n) is 3.83. The van der Waals surface area contributed by atoms with E-state index in [4.69, 9.17) is 9.47 Å². The summed E-state index contributed by atoms with van der Waals surface area (Å²) in [7, 11) is 6.71. The van der Waals surface area contributed by atoms with Crippen molar-refractivity contribution in [3.05, 3.63) is 65.0 Å². The minimum Gasteiger partial charge on any atom is -0.507 e. The molecule has 1 fully saturated rings. The molecular formula is C24H27FN2O5. The Bertz CT molecular complexity index is 1050. The first-order chi connectivity index (χ1) is 15.3. The molecule has 1 amide bonds. The van der Waals surface area contributed by atoms with Crippen molar-refractivity contribution >= 4 is 17.4 Å². The molecule has 1 aliphatic heterocycles. The van der Waals surface area contributed by atoms with Crippen LogP contribution in [0.5, 0.6) is 11.5 Å². The van der Waals surface area contributed by atoms with Crippen molar-refractivity contribution < 1.29 is 28.6 Å². The van der Waals surface area contributed by atoms with Gasteiger partial charge in [0.2, 0.25) is 0 Å². The molecule has 3 rings (SSSR count). The lowest BCUT2D eigenvalue weighted by molar-refractivity contribution is -0.140. The number of hydrogen-bond donors (Lipinski definition) is 1. The van der Waals surface area contributed by atoms with Gasteiger partial charge in [-0.3, -0.25) is 9.59 Å². The Kier molecular flexibility index (Phi) is 7.15. The second-order valence-electron chi connectivity index (χ2n) is 7.74. The molecule has 1 aliphatic rings. The van der Waals surface area contributed by atoms with Gasteiger partial charge in [0, 0.05) is 18.2 Å². The van der Waals surface area contributed by atoms with Crippen molar-refractivity contribution in [2.24, 2.45) is 0 Å². The van der Waals surface area contributed by atoms with Crippen LogP contribution in [0, 0.1) is 5.82 Å². The summed E-state index contributed by atoms with van der Waals surface area (Å²) in [6.45, 7) is 0.914. The number of carbonyl (C=O) groups excluding carboxylic acids is 2. The number of amides is 1. The summed E-state index contributed by atoms with van der Waals surface area (Å²) < 4.78 is 25.3. The van der Waals surface area contributed by atoms with Crippen LogP contribution in [-0.2, 0) is 9.59 Å². The molecule has 0 unspecified atom stereocenters. The molecule has 8 heteroatoms. The zero-order chi connectivity index (χ0) is 23.4. The van der Waals surface area contributed by atoms with Gasteiger partial charge in [0.25, 0.3) is 11.7 Å². The topological polar surface area (TPSA) is 79.3 Å². The van der Waals surface area contributed by atoms with E-state index in [0.717, 1.165) is 0 Å². The molecule has 0 saturated carbocycles. The molecule has 0 spiro atoms. The van der Waals surface area contributed by atoms with Crippen LogP contribution < -0.4 is 9.47 Å². The Morgan fingerprint density at radius 2 is 1.84 bits per heavy atom. The number of aliphatic hydroxyl groups is 1. The largest absolute Gasteiger partial charge is 0.507 e. The zero-order valence-electron chi connectivity index (χ0n) is 18.6. The SMILES string of the molecule is COc1ccc(/C(O)=C2\C(=O)C(=O)N(CCCN(C)C)[C@@H]2c2ccccc2F)c(OC)c1. The van der Waals surface area contributed by atoms with E-state index in [1.165, 1.54) is 43.4 Å². The number of ketones is 1. The van der Waals surface area contributed by atoms with E-state index in [0.29, 0.717) is 18.7 Å². The van der Waals surface area contributed by atoms with Gasteiger partial charge in [0.05, 0.1) is 31.4 Å². The summed E-state index contributed by atoms with van der Waals surface area (Å²) in [5.41, 5.74) is 0.180. The van der Waals surface area contributed by atoms with E-state index in [-0.39, 0.29) is 29.0 Å². The Hall–Kier alpha value is -3.39. The molecule has 0 aromatic heterocycles. The minimum absolute atomic E-state index is 0.144. The molecule has 2 aromatic carbocycles. The van der Waals surface area contributed by atoms with Gasteiger partial charge in [-0.05, 0) is 45.3 Å². The van der Waals surface area contributed by atoms with E-state index in [9.17, 15) is 19.1 Å². The van der Waals surface area contributed by atoms with Gasteiger partial charge in [-0.15, -0.1) is 0 Å². The molecule has 7 nitrogen and oxygen atoms in total. The number of aliphatic hydroxyl groups excluding tert-OH is 1. The lowest BCUT2D eigenvalue weighted by atomic mass is 9.94. The number of Topliss-reactive ketones (excluding diaryl/α,β-unsaturated/α-hetero) is 1. The van der Waals surface area contributed by atoms with Gasteiger partial charge in [-0.1, -0.05) is 18.2 Å². The maximum atomic E-state index is 14.8. The summed E-state index contributed by atoms with van der Waals surface area (Å²) in [5.74, 6) is -1.87. The van der Waals surface area contributed by atoms with Crippen molar-refractivity contribution in [1.82, 2.24) is 9.80 Å². The predicted octanol–water partition coefficient (Wildman–Crippen LogP) is 3.22. The number of carbonyl (C=O) groups is 2. The van der Waals surface area contributed by atoms with Crippen molar-refractivity contribution in [2.75, 3.05) is 41.4 Å². The summed E-state index contributed by atoms with van der Waals surface area (Å²) in [4.78, 5) is 29.2. The van der Waals surface area contributed by atoms with Crippen LogP contribution in [-0.4, -0.2) is 68.0 Å². The first-order valence-electron chi connectivity index (χ1n) is 10.2. The predicted molar refractivity (Wildman–Crippen MR) is 118 cm³/mol. The minimum atomic E-state index is -1.05. The van der Waals surface area contributed by atoms with Crippen LogP contribution >= 0.6 is 0 Å². The second-order valence-corrected chi connectivity index (χ2v) is 7.74. The van der Waals surface area contributed by atoms with E-state index in [1.54, 1.807) is 18.2 Å². The van der Waals surface area contributed by atoms with Crippen LogP contribution in [0.15, 0.2) is 48.0 Å². The average molecular weight is 442 g/mol. The molecule has 0 radical (unpaired) electrons. The van der Waals surface area contributed by atoms with Gasteiger partial charge >= 0.3 is 0 Å². The van der Waals surface area contributed by atoms with Crippen LogP contribution in [0.3, 0.4) is 0 Å². The highest BCUT2D eigenvalue weighted by molar-refractivity contribution is 6.46. The molecular weight excluding hydrogens is 415 g/mol. The Balaban J connectivity index is 2.16. The normalized spacial score (nSPS) is 17.8. The van der Waals surface area contributed by atoms with Crippen LogP contribution in [0.2, 0.25) is 0 Å². The summed E-state index contributed by atoms with van der Waals surface area (Å²) in [6, 6.07) is 9.58. The third-order valence-corrected chi connectivity index (χ3v) is 5.41. The number of benzene rings is 2. The van der Waals surface area contributed by atoms with E-state index in [2.05, 4.69) is 0 Å². The first-order valence-corrected chi connectivity index (χ1v) is 10.2. The molecule has 32 heavy (non-hydrogen) atoms. The smallest absolute Gasteiger partial charge is 0.295 e. The Labute approximate surface area is 186 Å². The Morgan fingerprint density at radius 3 is 2.47 bits per heavy atom. The molecule has 2 aromatic rings. The first kappa shape index (κ1) is 23.3. The van der Waals surface area contributed by atoms with E-state index in [1.807, 2.05) is 19.0 Å². The third-order valence-electron chi connectivity index (χ3n) is 5.41. The fraction of sp³-hybridized carbons (Fsp3) is 0.333. The lowest BCUT2D eigenvalue weighted by Gasteiger charge is -2.26. The number of ether oxygens (including phenoxy) is 2. The number of hydrogen-bond acceptors (Lipinski definition) is 6. The molecule has 0 aliphatic carbocycles. The summed E-state index contributed by atoms with van der Waals surface area (Å²) in [5, 5.41) is 11.2. The highest BCUT2D eigenvalue weighted by Crippen LogP contribution is 2.42. The quantitative estimate of drug-likeness (QED) is 0.384. The van der Waals surface area contributed by atoms with Crippen molar-refractivity contribution in [1.29, 1.82) is 0 Å². The zero-order valence-corrected chi connectivity index (χ0v) is 18.6. The maximum Gasteiger partial charge on any atom is 0.295 e. The maximum absolute atomic E-state index is 14.8. The van der Waals surface area contributed by atoms with Crippen LogP contribution in [0.25, 0.3) is 5.76 Å². The lowest BCUT2D eigenvalue weighted by Crippen LogP contribution is -2.32. The monoisotopic (exact) mass is 442 g/mol. The van der Waals surface area contributed by atoms with E-state index < -0.39 is 29.3 Å². The third kappa shape index (κ3) is 4.45. The van der Waals surface area contributed by atoms with Crippen molar-refractivity contribution in [3.63, 3.8) is 0 Å². The van der Waals surface area contributed by atoms with Gasteiger partial charge in [0.1, 0.15) is 23.1 Å². The summed E-state index contributed by atoms with van der Waals surface area (Å²) in [6.07, 6.45) is 0.580. The van der Waals surface area contributed by atoms with Crippen molar-refractivity contribution in [3.8, 4) is 11.5 Å². The molecule has 1 N–H and O–H groups in total. The van der Waals surface area contributed by atoms with E-state index >= 15 is 0 Å². The van der Waals surface area contributed by atoms with Gasteiger partial charge in [-0.25, -0.2) is 4.39 Å². The fourth-order valence-corrected chi connectivity index (χ4v) is 3.83. The number of methoxy groups -OCH3 is 2. The van der Waals surface area contributed by atoms with Crippen LogP contribution in [0.1, 0.15) is 23.6 Å². The number of likely N-dealkylation sites (tertiary alicyclic amines) is 1. The number of nitrogens with zero attached hydrogens (tertiary/aromatic N) is 2. The van der Waals surface area contributed by atoms with Gasteiger partial charge < -0.3 is 24.4 Å². The molecule has 1 saturated heterocycles. The van der Waals surface area contributed by atoms with Crippen LogP contribution in [0.4, 0.5) is 4.39 Å². The average Bonchev–Trinajstić information content (AvgIpc) is 3.03. The van der Waals surface area contributed by atoms with Gasteiger partial charge in [0.15, 0.2) is 0 Å². The van der Waals surface area contributed by atoms with Crippen molar-refractivity contribution in [2.45, 2.75) is 12.5 Å². The number of rotatable bonds is 8. The summed E-state index contributed by atoms with van der Waals surface area (Å²) >= 11 is 0. The Morgan fingerprint density at radius 1 is 1.12 bits per heavy atom. The standard InChI is InChI=1S/C24H27FN2O5/c1-26(2)12-7-13-27-21(16-8-5-6-9-18(16)25)20(23(29)24(27)30)22(28)17-11-10-15(31-3)14-19(17)32-4/h5-6,8-11,14,21,28H,7,12-13H2,1-4H3/b22-20+/t21-/m1/s1. The number of halogens is 1. The molecule has 170 valence electrons. The highest BCUT2D eigenvalue weighted by atomic mass is 19.1. The molecule has 1 heterocycles. The van der Waals surface area contributed by atoms with Gasteiger partial charge in [-0.2, -0.15) is 0 Å². The highest BCUT2D eigenvalue weighted by Gasteiger charge is 2.46. The second kappa shape index (κ2) is 9.82. The molecule has 1 atom stereocenters.